The molecule has 0 bridgehead atoms. The van der Waals surface area contributed by atoms with Gasteiger partial charge in [0.25, 0.3) is 0 Å². The molecule has 1 fully saturated rings. The molecule has 0 N–H and O–H groups in total. The molecule has 0 radical (unpaired) electrons. The van der Waals surface area contributed by atoms with E-state index >= 15 is 0 Å². The zero-order chi connectivity index (χ0) is 16.1. The van der Waals surface area contributed by atoms with Crippen molar-refractivity contribution in [3.8, 4) is 0 Å². The zero-order valence-electron chi connectivity index (χ0n) is 13.2. The molecule has 1 unspecified atom stereocenters. The van der Waals surface area contributed by atoms with E-state index in [9.17, 15) is 9.18 Å². The van der Waals surface area contributed by atoms with Gasteiger partial charge in [-0.2, -0.15) is 0 Å². The summed E-state index contributed by atoms with van der Waals surface area (Å²) in [5.41, 5.74) is 2.19. The number of para-hydroxylation sites is 1. The van der Waals surface area contributed by atoms with Crippen molar-refractivity contribution in [2.45, 2.75) is 32.1 Å². The van der Waals surface area contributed by atoms with E-state index < -0.39 is 0 Å². The van der Waals surface area contributed by atoms with E-state index in [4.69, 9.17) is 0 Å². The summed E-state index contributed by atoms with van der Waals surface area (Å²) in [4.78, 5) is 14.1. The summed E-state index contributed by atoms with van der Waals surface area (Å²) in [5.74, 6) is 0.509. The van der Waals surface area contributed by atoms with E-state index in [-0.39, 0.29) is 11.7 Å². The molecule has 0 saturated carbocycles. The summed E-state index contributed by atoms with van der Waals surface area (Å²) in [5, 5.41) is 0. The van der Waals surface area contributed by atoms with Crippen LogP contribution in [0.2, 0.25) is 0 Å². The summed E-state index contributed by atoms with van der Waals surface area (Å²) in [7, 11) is 0. The van der Waals surface area contributed by atoms with E-state index in [1.807, 2.05) is 47.4 Å². The molecule has 1 saturated heterocycles. The fourth-order valence-corrected chi connectivity index (χ4v) is 3.25. The largest absolute Gasteiger partial charge is 0.312 e. The van der Waals surface area contributed by atoms with Crippen molar-refractivity contribution in [2.24, 2.45) is 5.92 Å². The molecule has 1 atom stereocenters. The number of unbranched alkanes of at least 4 members (excludes halogenated alkanes) is 1. The van der Waals surface area contributed by atoms with Gasteiger partial charge in [0.1, 0.15) is 5.82 Å². The number of hydrogen-bond donors (Lipinski definition) is 0. The first-order valence-corrected chi connectivity index (χ1v) is 8.32. The molecule has 1 heterocycles. The minimum absolute atomic E-state index is 0.181. The summed E-state index contributed by atoms with van der Waals surface area (Å²) in [6.07, 6.45) is 4.91. The predicted molar refractivity (Wildman–Crippen MR) is 90.9 cm³/mol. The molecule has 2 aromatic carbocycles. The quantitative estimate of drug-likeness (QED) is 0.714. The molecule has 0 aliphatic carbocycles. The third kappa shape index (κ3) is 4.19. The van der Waals surface area contributed by atoms with E-state index in [0.717, 1.165) is 37.9 Å². The van der Waals surface area contributed by atoms with E-state index in [2.05, 4.69) is 0 Å². The number of anilines is 1. The van der Waals surface area contributed by atoms with Crippen molar-refractivity contribution >= 4 is 11.6 Å². The van der Waals surface area contributed by atoms with Gasteiger partial charge in [-0.15, -0.1) is 0 Å². The molecule has 0 aromatic heterocycles. The highest BCUT2D eigenvalue weighted by molar-refractivity contribution is 5.95. The number of rotatable bonds is 6. The highest BCUT2D eigenvalue weighted by Gasteiger charge is 2.29. The van der Waals surface area contributed by atoms with Gasteiger partial charge in [0, 0.05) is 18.7 Å². The Labute approximate surface area is 136 Å². The lowest BCUT2D eigenvalue weighted by Crippen LogP contribution is -2.24. The van der Waals surface area contributed by atoms with Crippen molar-refractivity contribution in [1.29, 1.82) is 0 Å². The van der Waals surface area contributed by atoms with Crippen molar-refractivity contribution in [3.05, 3.63) is 66.0 Å². The first-order chi connectivity index (χ1) is 11.2. The minimum atomic E-state index is -0.181. The number of carbonyl (C=O) groups is 1. The average molecular weight is 311 g/mol. The third-order valence-electron chi connectivity index (χ3n) is 4.51. The second kappa shape index (κ2) is 7.40. The van der Waals surface area contributed by atoms with Crippen LogP contribution in [0.4, 0.5) is 10.1 Å². The van der Waals surface area contributed by atoms with Gasteiger partial charge in [-0.05, 0) is 55.0 Å². The highest BCUT2D eigenvalue weighted by atomic mass is 19.1. The van der Waals surface area contributed by atoms with Crippen LogP contribution >= 0.6 is 0 Å². The molecule has 2 aromatic rings. The molecule has 23 heavy (non-hydrogen) atoms. The molecule has 0 spiro atoms. The average Bonchev–Trinajstić information content (AvgIpc) is 2.95. The Morgan fingerprint density at radius 2 is 1.74 bits per heavy atom. The Kier molecular flexibility index (Phi) is 5.06. The van der Waals surface area contributed by atoms with Gasteiger partial charge >= 0.3 is 0 Å². The number of nitrogens with zero attached hydrogens (tertiary/aromatic N) is 1. The number of benzene rings is 2. The molecule has 1 aliphatic heterocycles. The van der Waals surface area contributed by atoms with Crippen molar-refractivity contribution in [2.75, 3.05) is 11.4 Å². The second-order valence-corrected chi connectivity index (χ2v) is 6.28. The first-order valence-electron chi connectivity index (χ1n) is 8.32. The molecular weight excluding hydrogens is 289 g/mol. The zero-order valence-corrected chi connectivity index (χ0v) is 13.2. The lowest BCUT2D eigenvalue weighted by molar-refractivity contribution is -0.117. The molecular formula is C20H22FNO. The van der Waals surface area contributed by atoms with Crippen LogP contribution in [0.5, 0.6) is 0 Å². The maximum atomic E-state index is 12.9. The van der Waals surface area contributed by atoms with Crippen LogP contribution in [0, 0.1) is 11.7 Å². The Bertz CT molecular complexity index is 638. The van der Waals surface area contributed by atoms with E-state index in [0.29, 0.717) is 12.3 Å². The standard InChI is InChI=1S/C20H22FNO/c21-18-12-10-16(11-13-18)6-4-5-7-17-14-20(23)22(15-17)19-8-2-1-3-9-19/h1-3,8-13,17H,4-7,14-15H2. The normalized spacial score (nSPS) is 17.7. The number of aryl methyl sites for hydroxylation is 1. The van der Waals surface area contributed by atoms with Crippen molar-refractivity contribution in [3.63, 3.8) is 0 Å². The van der Waals surface area contributed by atoms with Gasteiger partial charge in [0.2, 0.25) is 5.91 Å². The summed E-state index contributed by atoms with van der Waals surface area (Å²) >= 11 is 0. The van der Waals surface area contributed by atoms with Crippen LogP contribution in [0.15, 0.2) is 54.6 Å². The maximum Gasteiger partial charge on any atom is 0.227 e. The Morgan fingerprint density at radius 3 is 2.48 bits per heavy atom. The monoisotopic (exact) mass is 311 g/mol. The fraction of sp³-hybridized carbons (Fsp3) is 0.350. The minimum Gasteiger partial charge on any atom is -0.312 e. The van der Waals surface area contributed by atoms with Gasteiger partial charge in [-0.3, -0.25) is 4.79 Å². The molecule has 1 aliphatic rings. The van der Waals surface area contributed by atoms with E-state index in [1.165, 1.54) is 17.7 Å². The maximum absolute atomic E-state index is 12.9. The molecule has 1 amide bonds. The summed E-state index contributed by atoms with van der Waals surface area (Å²) < 4.78 is 12.9. The number of hydrogen-bond acceptors (Lipinski definition) is 1. The van der Waals surface area contributed by atoms with Crippen LogP contribution in [-0.2, 0) is 11.2 Å². The SMILES string of the molecule is O=C1CC(CCCCc2ccc(F)cc2)CN1c1ccccc1. The lowest BCUT2D eigenvalue weighted by atomic mass is 9.99. The smallest absolute Gasteiger partial charge is 0.227 e. The van der Waals surface area contributed by atoms with Crippen LogP contribution in [0.25, 0.3) is 0 Å². The topological polar surface area (TPSA) is 20.3 Å². The fourth-order valence-electron chi connectivity index (χ4n) is 3.25. The van der Waals surface area contributed by atoms with Gasteiger partial charge in [-0.25, -0.2) is 4.39 Å². The van der Waals surface area contributed by atoms with Crippen molar-refractivity contribution < 1.29 is 9.18 Å². The highest BCUT2D eigenvalue weighted by Crippen LogP contribution is 2.28. The molecule has 2 nitrogen and oxygen atoms in total. The Morgan fingerprint density at radius 1 is 1.00 bits per heavy atom. The van der Waals surface area contributed by atoms with Gasteiger partial charge in [0.05, 0.1) is 0 Å². The molecule has 120 valence electrons. The summed E-state index contributed by atoms with van der Waals surface area (Å²) in [6.45, 7) is 0.833. The van der Waals surface area contributed by atoms with Crippen LogP contribution in [-0.4, -0.2) is 12.5 Å². The predicted octanol–water partition coefficient (Wildman–Crippen LogP) is 4.59. The Balaban J connectivity index is 1.43. The van der Waals surface area contributed by atoms with Gasteiger partial charge < -0.3 is 4.90 Å². The molecule has 3 heteroatoms. The first kappa shape index (κ1) is 15.7. The third-order valence-corrected chi connectivity index (χ3v) is 4.51. The van der Waals surface area contributed by atoms with Gasteiger partial charge in [-0.1, -0.05) is 36.8 Å². The van der Waals surface area contributed by atoms with E-state index in [1.54, 1.807) is 0 Å². The Hall–Kier alpha value is -2.16. The molecule has 3 rings (SSSR count). The summed E-state index contributed by atoms with van der Waals surface area (Å²) in [6, 6.07) is 16.6. The number of halogens is 1. The van der Waals surface area contributed by atoms with Crippen LogP contribution < -0.4 is 4.90 Å². The van der Waals surface area contributed by atoms with Gasteiger partial charge in [0.15, 0.2) is 0 Å². The number of carbonyl (C=O) groups excluding carboxylic acids is 1. The second-order valence-electron chi connectivity index (χ2n) is 6.28. The van der Waals surface area contributed by atoms with Crippen LogP contribution in [0.3, 0.4) is 0 Å². The van der Waals surface area contributed by atoms with Crippen LogP contribution in [0.1, 0.15) is 31.2 Å². The lowest BCUT2D eigenvalue weighted by Gasteiger charge is -2.16. The number of amides is 1. The van der Waals surface area contributed by atoms with Crippen molar-refractivity contribution in [1.82, 2.24) is 0 Å².